The molecule has 0 radical (unpaired) electrons. The van der Waals surface area contributed by atoms with E-state index < -0.39 is 0 Å². The maximum Gasteiger partial charge on any atom is 0.339 e. The zero-order valence-corrected chi connectivity index (χ0v) is 11.1. The van der Waals surface area contributed by atoms with Crippen LogP contribution in [0.25, 0.3) is 5.65 Å². The van der Waals surface area contributed by atoms with E-state index in [2.05, 4.69) is 31.0 Å². The number of methoxy groups -OCH3 is 1. The molecule has 0 unspecified atom stereocenters. The monoisotopic (exact) mass is 247 g/mol. The third-order valence-electron chi connectivity index (χ3n) is 2.58. The lowest BCUT2D eigenvalue weighted by atomic mass is 9.92. The van der Waals surface area contributed by atoms with Crippen LogP contribution >= 0.6 is 0 Å². The van der Waals surface area contributed by atoms with E-state index in [1.54, 1.807) is 18.3 Å². The quantitative estimate of drug-likeness (QED) is 0.763. The molecule has 0 bridgehead atoms. The van der Waals surface area contributed by atoms with Crippen LogP contribution < -0.4 is 0 Å². The van der Waals surface area contributed by atoms with E-state index in [9.17, 15) is 4.79 Å². The Labute approximate surface area is 106 Å². The molecule has 18 heavy (non-hydrogen) atoms. The van der Waals surface area contributed by atoms with E-state index in [0.29, 0.717) is 5.56 Å². The van der Waals surface area contributed by atoms with E-state index >= 15 is 0 Å². The molecule has 0 atom stereocenters. The van der Waals surface area contributed by atoms with Crippen molar-refractivity contribution >= 4 is 11.6 Å². The van der Waals surface area contributed by atoms with Gasteiger partial charge in [-0.2, -0.15) is 0 Å². The van der Waals surface area contributed by atoms with Gasteiger partial charge in [0.05, 0.1) is 12.7 Å². The van der Waals surface area contributed by atoms with Gasteiger partial charge in [0.15, 0.2) is 5.65 Å². The number of hydrogen-bond donors (Lipinski definition) is 0. The number of ether oxygens (including phenoxy) is 1. The summed E-state index contributed by atoms with van der Waals surface area (Å²) in [5, 5.41) is 8.26. The van der Waals surface area contributed by atoms with Crippen LogP contribution in [-0.4, -0.2) is 27.7 Å². The van der Waals surface area contributed by atoms with E-state index in [4.69, 9.17) is 4.74 Å². The van der Waals surface area contributed by atoms with E-state index in [0.717, 1.165) is 17.9 Å². The second-order valence-electron chi connectivity index (χ2n) is 5.49. The number of fused-ring (bicyclic) bond motifs is 1. The van der Waals surface area contributed by atoms with Gasteiger partial charge in [-0.25, -0.2) is 4.79 Å². The molecule has 5 heteroatoms. The molecule has 0 aliphatic rings. The van der Waals surface area contributed by atoms with Crippen LogP contribution in [0.15, 0.2) is 18.3 Å². The Balaban J connectivity index is 2.46. The predicted molar refractivity (Wildman–Crippen MR) is 67.5 cm³/mol. The van der Waals surface area contributed by atoms with Crippen LogP contribution in [0.2, 0.25) is 0 Å². The Morgan fingerprint density at radius 3 is 2.67 bits per heavy atom. The van der Waals surface area contributed by atoms with Crippen molar-refractivity contribution in [3.05, 3.63) is 29.7 Å². The molecule has 0 N–H and O–H groups in total. The lowest BCUT2D eigenvalue weighted by Gasteiger charge is -2.16. The molecule has 0 aromatic carbocycles. The van der Waals surface area contributed by atoms with Crippen molar-refractivity contribution in [3.63, 3.8) is 0 Å². The van der Waals surface area contributed by atoms with Crippen LogP contribution in [0, 0.1) is 5.41 Å². The second kappa shape index (κ2) is 4.40. The van der Waals surface area contributed by atoms with Crippen molar-refractivity contribution in [1.82, 2.24) is 14.6 Å². The van der Waals surface area contributed by atoms with Gasteiger partial charge in [-0.15, -0.1) is 10.2 Å². The molecule has 0 amide bonds. The molecule has 0 fully saturated rings. The second-order valence-corrected chi connectivity index (χ2v) is 5.49. The zero-order valence-electron chi connectivity index (χ0n) is 11.1. The molecule has 0 saturated heterocycles. The van der Waals surface area contributed by atoms with Gasteiger partial charge in [0.25, 0.3) is 0 Å². The fourth-order valence-electron chi connectivity index (χ4n) is 1.77. The number of carbonyl (C=O) groups excluding carboxylic acids is 1. The van der Waals surface area contributed by atoms with Crippen molar-refractivity contribution in [1.29, 1.82) is 0 Å². The number of carbonyl (C=O) groups is 1. The van der Waals surface area contributed by atoms with Gasteiger partial charge in [-0.3, -0.25) is 4.40 Å². The van der Waals surface area contributed by atoms with Crippen LogP contribution in [0.4, 0.5) is 0 Å². The van der Waals surface area contributed by atoms with Crippen LogP contribution in [0.1, 0.15) is 37.0 Å². The van der Waals surface area contributed by atoms with E-state index in [1.807, 2.05) is 4.40 Å². The van der Waals surface area contributed by atoms with Crippen molar-refractivity contribution in [2.45, 2.75) is 27.2 Å². The number of hydrogen-bond acceptors (Lipinski definition) is 4. The van der Waals surface area contributed by atoms with Gasteiger partial charge in [0.2, 0.25) is 0 Å². The highest BCUT2D eigenvalue weighted by atomic mass is 16.5. The summed E-state index contributed by atoms with van der Waals surface area (Å²) in [4.78, 5) is 11.5. The molecule has 2 aromatic rings. The molecule has 0 saturated carbocycles. The Bertz CT molecular complexity index is 581. The summed E-state index contributed by atoms with van der Waals surface area (Å²) < 4.78 is 6.55. The Kier molecular flexibility index (Phi) is 3.07. The molecular weight excluding hydrogens is 230 g/mol. The van der Waals surface area contributed by atoms with Gasteiger partial charge in [-0.1, -0.05) is 20.8 Å². The van der Waals surface area contributed by atoms with Crippen molar-refractivity contribution < 1.29 is 9.53 Å². The largest absolute Gasteiger partial charge is 0.465 e. The normalized spacial score (nSPS) is 11.8. The van der Waals surface area contributed by atoms with Crippen molar-refractivity contribution in [2.75, 3.05) is 7.11 Å². The summed E-state index contributed by atoms with van der Waals surface area (Å²) in [6, 6.07) is 3.46. The van der Waals surface area contributed by atoms with Crippen LogP contribution in [0.3, 0.4) is 0 Å². The first-order chi connectivity index (χ1) is 8.40. The first kappa shape index (κ1) is 12.5. The first-order valence-electron chi connectivity index (χ1n) is 5.83. The van der Waals surface area contributed by atoms with Gasteiger partial charge >= 0.3 is 5.97 Å². The average Bonchev–Trinajstić information content (AvgIpc) is 2.68. The number of nitrogens with zero attached hydrogens (tertiary/aromatic N) is 3. The molecule has 0 aliphatic carbocycles. The SMILES string of the molecule is COC(=O)c1ccc2nnc(CC(C)(C)C)n2c1. The minimum atomic E-state index is -0.354. The molecule has 2 heterocycles. The van der Waals surface area contributed by atoms with Gasteiger partial charge in [0, 0.05) is 12.6 Å². The summed E-state index contributed by atoms with van der Waals surface area (Å²) in [5.74, 6) is 0.496. The highest BCUT2D eigenvalue weighted by Crippen LogP contribution is 2.20. The lowest BCUT2D eigenvalue weighted by molar-refractivity contribution is 0.0600. The first-order valence-corrected chi connectivity index (χ1v) is 5.83. The highest BCUT2D eigenvalue weighted by molar-refractivity contribution is 5.89. The third kappa shape index (κ3) is 2.50. The minimum absolute atomic E-state index is 0.115. The number of rotatable bonds is 2. The summed E-state index contributed by atoms with van der Waals surface area (Å²) in [6.45, 7) is 6.41. The van der Waals surface area contributed by atoms with Crippen molar-refractivity contribution in [2.24, 2.45) is 5.41 Å². The lowest BCUT2D eigenvalue weighted by Crippen LogP contribution is -2.12. The van der Waals surface area contributed by atoms with Crippen LogP contribution in [-0.2, 0) is 11.2 Å². The fourth-order valence-corrected chi connectivity index (χ4v) is 1.77. The van der Waals surface area contributed by atoms with Crippen molar-refractivity contribution in [3.8, 4) is 0 Å². The molecule has 0 spiro atoms. The highest BCUT2D eigenvalue weighted by Gasteiger charge is 2.17. The number of esters is 1. The minimum Gasteiger partial charge on any atom is -0.465 e. The maximum absolute atomic E-state index is 11.5. The Morgan fingerprint density at radius 2 is 2.06 bits per heavy atom. The fraction of sp³-hybridized carbons (Fsp3) is 0.462. The Morgan fingerprint density at radius 1 is 1.33 bits per heavy atom. The molecule has 5 nitrogen and oxygen atoms in total. The summed E-state index contributed by atoms with van der Waals surface area (Å²) in [6.07, 6.45) is 2.51. The molecule has 2 rings (SSSR count). The predicted octanol–water partition coefficient (Wildman–Crippen LogP) is 2.10. The molecule has 2 aromatic heterocycles. The molecule has 96 valence electrons. The van der Waals surface area contributed by atoms with E-state index in [1.165, 1.54) is 7.11 Å². The van der Waals surface area contributed by atoms with Gasteiger partial charge < -0.3 is 4.74 Å². The summed E-state index contributed by atoms with van der Waals surface area (Å²) in [5.41, 5.74) is 1.35. The van der Waals surface area contributed by atoms with Gasteiger partial charge in [-0.05, 0) is 17.5 Å². The number of pyridine rings is 1. The maximum atomic E-state index is 11.5. The van der Waals surface area contributed by atoms with Crippen LogP contribution in [0.5, 0.6) is 0 Å². The zero-order chi connectivity index (χ0) is 13.3. The summed E-state index contributed by atoms with van der Waals surface area (Å²) >= 11 is 0. The average molecular weight is 247 g/mol. The Hall–Kier alpha value is -1.91. The smallest absolute Gasteiger partial charge is 0.339 e. The third-order valence-corrected chi connectivity index (χ3v) is 2.58. The molecular formula is C13H17N3O2. The number of aromatic nitrogens is 3. The van der Waals surface area contributed by atoms with Gasteiger partial charge in [0.1, 0.15) is 5.82 Å². The standard InChI is InChI=1S/C13H17N3O2/c1-13(2,3)7-11-15-14-10-6-5-9(8-16(10)11)12(17)18-4/h5-6,8H,7H2,1-4H3. The topological polar surface area (TPSA) is 56.5 Å². The summed E-state index contributed by atoms with van der Waals surface area (Å²) in [7, 11) is 1.37. The molecule has 0 aliphatic heterocycles. The van der Waals surface area contributed by atoms with E-state index in [-0.39, 0.29) is 11.4 Å².